The van der Waals surface area contributed by atoms with Gasteiger partial charge in [0.1, 0.15) is 5.69 Å². The van der Waals surface area contributed by atoms with E-state index in [-0.39, 0.29) is 5.78 Å². The normalized spacial score (nSPS) is 15.0. The van der Waals surface area contributed by atoms with Crippen molar-refractivity contribution in [1.29, 1.82) is 0 Å². The summed E-state index contributed by atoms with van der Waals surface area (Å²) in [4.78, 5) is 11.6. The van der Waals surface area contributed by atoms with Crippen molar-refractivity contribution in [3.63, 3.8) is 0 Å². The van der Waals surface area contributed by atoms with Crippen LogP contribution < -0.4 is 4.74 Å². The number of carbonyl (C=O) groups is 1. The molecule has 0 N–H and O–H groups in total. The third-order valence-electron chi connectivity index (χ3n) is 2.61. The number of ether oxygens (including phenoxy) is 1. The third kappa shape index (κ3) is 2.75. The molecule has 1 aliphatic rings. The zero-order valence-electron chi connectivity index (χ0n) is 8.77. The molecule has 0 spiro atoms. The fourth-order valence-corrected chi connectivity index (χ4v) is 1.45. The zero-order valence-corrected chi connectivity index (χ0v) is 8.77. The van der Waals surface area contributed by atoms with Crippen molar-refractivity contribution in [2.45, 2.75) is 25.7 Å². The van der Waals surface area contributed by atoms with Gasteiger partial charge in [0.05, 0.1) is 7.11 Å². The average molecular weight is 206 g/mol. The summed E-state index contributed by atoms with van der Waals surface area (Å²) in [6.45, 7) is 0. The summed E-state index contributed by atoms with van der Waals surface area (Å²) >= 11 is 0. The molecule has 4 nitrogen and oxygen atoms in total. The molecule has 0 bridgehead atoms. The van der Waals surface area contributed by atoms with E-state index < -0.39 is 0 Å². The van der Waals surface area contributed by atoms with Gasteiger partial charge in [-0.15, -0.1) is 10.2 Å². The fourth-order valence-electron chi connectivity index (χ4n) is 1.45. The van der Waals surface area contributed by atoms with Crippen LogP contribution in [0.3, 0.4) is 0 Å². The molecule has 1 saturated carbocycles. The van der Waals surface area contributed by atoms with Crippen molar-refractivity contribution in [2.24, 2.45) is 5.92 Å². The van der Waals surface area contributed by atoms with Crippen LogP contribution in [0.25, 0.3) is 0 Å². The minimum Gasteiger partial charge on any atom is -0.480 e. The summed E-state index contributed by atoms with van der Waals surface area (Å²) in [5, 5.41) is 7.59. The molecule has 0 amide bonds. The second kappa shape index (κ2) is 4.38. The number of methoxy groups -OCH3 is 1. The van der Waals surface area contributed by atoms with Gasteiger partial charge in [0.2, 0.25) is 5.88 Å². The second-order valence-corrected chi connectivity index (χ2v) is 3.87. The largest absolute Gasteiger partial charge is 0.480 e. The Hall–Kier alpha value is -1.45. The van der Waals surface area contributed by atoms with Crippen LogP contribution in [-0.2, 0) is 0 Å². The lowest BCUT2D eigenvalue weighted by molar-refractivity contribution is 0.0972. The minimum absolute atomic E-state index is 0.0806. The van der Waals surface area contributed by atoms with Crippen LogP contribution in [0, 0.1) is 5.92 Å². The predicted molar refractivity (Wildman–Crippen MR) is 54.9 cm³/mol. The molecule has 0 radical (unpaired) electrons. The van der Waals surface area contributed by atoms with E-state index in [0.717, 1.165) is 12.3 Å². The predicted octanol–water partition coefficient (Wildman–Crippen LogP) is 1.86. The van der Waals surface area contributed by atoms with Crippen molar-refractivity contribution >= 4 is 5.78 Å². The molecule has 4 heteroatoms. The number of Topliss-reactive ketones (excluding diaryl/α,β-unsaturated/α-hetero) is 1. The van der Waals surface area contributed by atoms with Crippen molar-refractivity contribution in [1.82, 2.24) is 10.2 Å². The Morgan fingerprint density at radius 2 is 2.27 bits per heavy atom. The van der Waals surface area contributed by atoms with Crippen LogP contribution in [0.2, 0.25) is 0 Å². The highest BCUT2D eigenvalue weighted by atomic mass is 16.5. The number of carbonyl (C=O) groups excluding carboxylic acids is 1. The van der Waals surface area contributed by atoms with Gasteiger partial charge in [-0.2, -0.15) is 0 Å². The van der Waals surface area contributed by atoms with Crippen LogP contribution in [0.15, 0.2) is 12.1 Å². The quantitative estimate of drug-likeness (QED) is 0.690. The summed E-state index contributed by atoms with van der Waals surface area (Å²) in [6.07, 6.45) is 4.14. The van der Waals surface area contributed by atoms with Gasteiger partial charge in [-0.25, -0.2) is 0 Å². The van der Waals surface area contributed by atoms with Crippen LogP contribution in [0.5, 0.6) is 5.88 Å². The molecule has 0 unspecified atom stereocenters. The molecule has 0 aromatic carbocycles. The van der Waals surface area contributed by atoms with Crippen molar-refractivity contribution in [2.75, 3.05) is 7.11 Å². The summed E-state index contributed by atoms with van der Waals surface area (Å²) < 4.78 is 4.87. The molecule has 1 aromatic heterocycles. The molecule has 1 heterocycles. The molecule has 1 aliphatic carbocycles. The summed E-state index contributed by atoms with van der Waals surface area (Å²) in [5.41, 5.74) is 0.441. The highest BCUT2D eigenvalue weighted by Gasteiger charge is 2.22. The molecular formula is C11H14N2O2. The molecule has 2 rings (SSSR count). The molecule has 1 aromatic rings. The number of hydrogen-bond acceptors (Lipinski definition) is 4. The topological polar surface area (TPSA) is 52.1 Å². The maximum Gasteiger partial charge on any atom is 0.233 e. The van der Waals surface area contributed by atoms with Crippen LogP contribution in [0.1, 0.15) is 36.2 Å². The molecular weight excluding hydrogens is 192 g/mol. The Balaban J connectivity index is 1.91. The number of nitrogens with zero attached hydrogens (tertiary/aromatic N) is 2. The van der Waals surface area contributed by atoms with E-state index in [9.17, 15) is 4.79 Å². The highest BCUT2D eigenvalue weighted by molar-refractivity contribution is 5.94. The number of ketones is 1. The van der Waals surface area contributed by atoms with Gasteiger partial charge in [0.15, 0.2) is 5.78 Å². The van der Waals surface area contributed by atoms with E-state index in [0.29, 0.717) is 18.0 Å². The molecule has 15 heavy (non-hydrogen) atoms. The van der Waals surface area contributed by atoms with Crippen molar-refractivity contribution in [3.8, 4) is 5.88 Å². The third-order valence-corrected chi connectivity index (χ3v) is 2.61. The second-order valence-electron chi connectivity index (χ2n) is 3.87. The standard InChI is InChI=1S/C11H14N2O2/c1-15-11-7-5-9(12-13-11)10(14)6-4-8-2-3-8/h5,7-8H,2-4,6H2,1H3. The molecule has 0 saturated heterocycles. The number of aromatic nitrogens is 2. The summed E-state index contributed by atoms with van der Waals surface area (Å²) in [5.74, 6) is 1.30. The highest BCUT2D eigenvalue weighted by Crippen LogP contribution is 2.33. The average Bonchev–Trinajstić information content (AvgIpc) is 3.10. The van der Waals surface area contributed by atoms with Gasteiger partial charge in [0.25, 0.3) is 0 Å². The Kier molecular flexibility index (Phi) is 2.94. The van der Waals surface area contributed by atoms with E-state index >= 15 is 0 Å². The monoisotopic (exact) mass is 206 g/mol. The Bertz CT molecular complexity index is 344. The SMILES string of the molecule is COc1ccc(C(=O)CCC2CC2)nn1. The van der Waals surface area contributed by atoms with Gasteiger partial charge >= 0.3 is 0 Å². The Morgan fingerprint density at radius 1 is 1.47 bits per heavy atom. The number of hydrogen-bond donors (Lipinski definition) is 0. The van der Waals surface area contributed by atoms with Gasteiger partial charge < -0.3 is 4.74 Å². The van der Waals surface area contributed by atoms with Gasteiger partial charge in [-0.3, -0.25) is 4.79 Å². The molecule has 0 aliphatic heterocycles. The maximum atomic E-state index is 11.6. The van der Waals surface area contributed by atoms with Crippen LogP contribution in [-0.4, -0.2) is 23.1 Å². The van der Waals surface area contributed by atoms with E-state index in [1.54, 1.807) is 12.1 Å². The lowest BCUT2D eigenvalue weighted by Gasteiger charge is -2.00. The first-order chi connectivity index (χ1) is 7.29. The summed E-state index contributed by atoms with van der Waals surface area (Å²) in [6, 6.07) is 3.33. The number of rotatable bonds is 5. The molecule has 0 atom stereocenters. The molecule has 1 fully saturated rings. The first-order valence-corrected chi connectivity index (χ1v) is 5.20. The Morgan fingerprint density at radius 3 is 2.80 bits per heavy atom. The van der Waals surface area contributed by atoms with Gasteiger partial charge in [-0.1, -0.05) is 12.8 Å². The van der Waals surface area contributed by atoms with E-state index in [2.05, 4.69) is 10.2 Å². The van der Waals surface area contributed by atoms with Gasteiger partial charge in [0, 0.05) is 12.5 Å². The van der Waals surface area contributed by atoms with Crippen LogP contribution >= 0.6 is 0 Å². The van der Waals surface area contributed by atoms with E-state index in [4.69, 9.17) is 4.74 Å². The lowest BCUT2D eigenvalue weighted by Crippen LogP contribution is -2.04. The lowest BCUT2D eigenvalue weighted by atomic mass is 10.1. The summed E-state index contributed by atoms with van der Waals surface area (Å²) in [7, 11) is 1.53. The smallest absolute Gasteiger partial charge is 0.233 e. The van der Waals surface area contributed by atoms with Crippen molar-refractivity contribution in [3.05, 3.63) is 17.8 Å². The van der Waals surface area contributed by atoms with E-state index in [1.165, 1.54) is 20.0 Å². The first kappa shape index (κ1) is 10.1. The Labute approximate surface area is 88.7 Å². The maximum absolute atomic E-state index is 11.6. The first-order valence-electron chi connectivity index (χ1n) is 5.20. The zero-order chi connectivity index (χ0) is 10.7. The molecule has 80 valence electrons. The van der Waals surface area contributed by atoms with Gasteiger partial charge in [-0.05, 0) is 18.4 Å². The fraction of sp³-hybridized carbons (Fsp3) is 0.545. The minimum atomic E-state index is 0.0806. The van der Waals surface area contributed by atoms with E-state index in [1.807, 2.05) is 0 Å². The van der Waals surface area contributed by atoms with Crippen LogP contribution in [0.4, 0.5) is 0 Å². The van der Waals surface area contributed by atoms with Crippen molar-refractivity contribution < 1.29 is 9.53 Å².